The first-order valence-electron chi connectivity index (χ1n) is 4.15. The Bertz CT molecular complexity index is 429. The number of hydrogen-bond donors (Lipinski definition) is 1. The highest BCUT2D eigenvalue weighted by Gasteiger charge is 2.10. The van der Waals surface area contributed by atoms with Crippen molar-refractivity contribution in [3.63, 3.8) is 0 Å². The third-order valence-corrected chi connectivity index (χ3v) is 1.87. The summed E-state index contributed by atoms with van der Waals surface area (Å²) in [6.07, 6.45) is 0. The Morgan fingerprint density at radius 3 is 2.87 bits per heavy atom. The van der Waals surface area contributed by atoms with Gasteiger partial charge in [-0.2, -0.15) is 0 Å². The SMILES string of the molecule is COc1cc(C#CCCl)ccc1C(=O)O. The molecule has 0 bridgehead atoms. The second-order valence-electron chi connectivity index (χ2n) is 2.66. The first kappa shape index (κ1) is 11.4. The zero-order chi connectivity index (χ0) is 11.3. The molecule has 0 aromatic heterocycles. The predicted molar refractivity (Wildman–Crippen MR) is 57.6 cm³/mol. The van der Waals surface area contributed by atoms with Crippen LogP contribution in [-0.2, 0) is 0 Å². The third-order valence-electron chi connectivity index (χ3n) is 1.73. The highest BCUT2D eigenvalue weighted by Crippen LogP contribution is 2.19. The summed E-state index contributed by atoms with van der Waals surface area (Å²) >= 11 is 5.41. The Balaban J connectivity index is 3.13. The Hall–Kier alpha value is -1.66. The minimum Gasteiger partial charge on any atom is -0.496 e. The van der Waals surface area contributed by atoms with E-state index in [2.05, 4.69) is 11.8 Å². The Morgan fingerprint density at radius 2 is 2.33 bits per heavy atom. The number of ether oxygens (including phenoxy) is 1. The molecule has 1 N–H and O–H groups in total. The normalized spacial score (nSPS) is 8.93. The Kier molecular flexibility index (Phi) is 4.02. The van der Waals surface area contributed by atoms with E-state index < -0.39 is 5.97 Å². The topological polar surface area (TPSA) is 46.5 Å². The molecule has 0 aliphatic heterocycles. The molecule has 0 unspecified atom stereocenters. The van der Waals surface area contributed by atoms with Gasteiger partial charge in [0.2, 0.25) is 0 Å². The van der Waals surface area contributed by atoms with Gasteiger partial charge in [0, 0.05) is 5.56 Å². The first-order chi connectivity index (χ1) is 7.19. The van der Waals surface area contributed by atoms with Crippen molar-refractivity contribution in [2.24, 2.45) is 0 Å². The number of carboxylic acids is 1. The number of benzene rings is 1. The van der Waals surface area contributed by atoms with Crippen molar-refractivity contribution >= 4 is 17.6 Å². The number of rotatable bonds is 2. The molecule has 0 atom stereocenters. The van der Waals surface area contributed by atoms with Gasteiger partial charge in [-0.15, -0.1) is 11.6 Å². The summed E-state index contributed by atoms with van der Waals surface area (Å²) in [4.78, 5) is 10.8. The van der Waals surface area contributed by atoms with E-state index in [0.717, 1.165) is 0 Å². The van der Waals surface area contributed by atoms with Crippen LogP contribution >= 0.6 is 11.6 Å². The summed E-state index contributed by atoms with van der Waals surface area (Å²) in [7, 11) is 1.42. The molecule has 0 saturated carbocycles. The lowest BCUT2D eigenvalue weighted by molar-refractivity contribution is 0.0693. The average molecular weight is 225 g/mol. The van der Waals surface area contributed by atoms with Crippen molar-refractivity contribution < 1.29 is 14.6 Å². The molecule has 3 nitrogen and oxygen atoms in total. The minimum absolute atomic E-state index is 0.119. The van der Waals surface area contributed by atoms with E-state index in [9.17, 15) is 4.79 Å². The van der Waals surface area contributed by atoms with Gasteiger partial charge in [-0.25, -0.2) is 4.79 Å². The molecule has 1 aromatic carbocycles. The number of halogens is 1. The van der Waals surface area contributed by atoms with Gasteiger partial charge in [0.05, 0.1) is 13.0 Å². The van der Waals surface area contributed by atoms with Crippen LogP contribution in [0.25, 0.3) is 0 Å². The molecule has 1 aromatic rings. The number of methoxy groups -OCH3 is 1. The average Bonchev–Trinajstić information content (AvgIpc) is 2.25. The van der Waals surface area contributed by atoms with Gasteiger partial charge in [-0.05, 0) is 18.2 Å². The highest BCUT2D eigenvalue weighted by atomic mass is 35.5. The number of carboxylic acid groups (broad SMARTS) is 1. The minimum atomic E-state index is -1.02. The Morgan fingerprint density at radius 1 is 1.60 bits per heavy atom. The quantitative estimate of drug-likeness (QED) is 0.617. The van der Waals surface area contributed by atoms with Gasteiger partial charge in [0.25, 0.3) is 0 Å². The number of alkyl halides is 1. The van der Waals surface area contributed by atoms with Gasteiger partial charge in [-0.1, -0.05) is 11.8 Å². The van der Waals surface area contributed by atoms with Gasteiger partial charge in [0.15, 0.2) is 0 Å². The van der Waals surface area contributed by atoms with E-state index >= 15 is 0 Å². The first-order valence-corrected chi connectivity index (χ1v) is 4.68. The zero-order valence-electron chi connectivity index (χ0n) is 8.08. The molecule has 0 aliphatic carbocycles. The van der Waals surface area contributed by atoms with Crippen molar-refractivity contribution in [2.75, 3.05) is 13.0 Å². The van der Waals surface area contributed by atoms with Crippen LogP contribution in [-0.4, -0.2) is 24.1 Å². The summed E-state index contributed by atoms with van der Waals surface area (Å²) in [6, 6.07) is 4.65. The number of hydrogen-bond acceptors (Lipinski definition) is 2. The lowest BCUT2D eigenvalue weighted by Gasteiger charge is -2.04. The molecule has 78 valence electrons. The van der Waals surface area contributed by atoms with Crippen LogP contribution in [0, 0.1) is 11.8 Å². The monoisotopic (exact) mass is 224 g/mol. The maximum absolute atomic E-state index is 10.8. The maximum Gasteiger partial charge on any atom is 0.339 e. The van der Waals surface area contributed by atoms with E-state index in [4.69, 9.17) is 21.4 Å². The van der Waals surface area contributed by atoms with Crippen LogP contribution in [0.15, 0.2) is 18.2 Å². The van der Waals surface area contributed by atoms with Crippen molar-refractivity contribution in [3.05, 3.63) is 29.3 Å². The van der Waals surface area contributed by atoms with E-state index in [1.165, 1.54) is 13.2 Å². The number of aromatic carboxylic acids is 1. The fraction of sp³-hybridized carbons (Fsp3) is 0.182. The summed E-state index contributed by atoms with van der Waals surface area (Å²) in [5.74, 6) is 4.97. The number of carbonyl (C=O) groups is 1. The predicted octanol–water partition coefficient (Wildman–Crippen LogP) is 1.98. The van der Waals surface area contributed by atoms with Crippen molar-refractivity contribution in [1.82, 2.24) is 0 Å². The van der Waals surface area contributed by atoms with Crippen molar-refractivity contribution in [1.29, 1.82) is 0 Å². The molecule has 0 spiro atoms. The smallest absolute Gasteiger partial charge is 0.339 e. The van der Waals surface area contributed by atoms with E-state index in [1.807, 2.05) is 0 Å². The van der Waals surface area contributed by atoms with Crippen LogP contribution in [0.4, 0.5) is 0 Å². The van der Waals surface area contributed by atoms with Crippen LogP contribution in [0.2, 0.25) is 0 Å². The van der Waals surface area contributed by atoms with E-state index in [1.54, 1.807) is 12.1 Å². The fourth-order valence-corrected chi connectivity index (χ4v) is 1.15. The van der Waals surface area contributed by atoms with E-state index in [-0.39, 0.29) is 11.4 Å². The van der Waals surface area contributed by atoms with Crippen LogP contribution in [0.1, 0.15) is 15.9 Å². The second kappa shape index (κ2) is 5.28. The molecular weight excluding hydrogens is 216 g/mol. The molecule has 0 amide bonds. The molecule has 0 fully saturated rings. The molecule has 1 rings (SSSR count). The van der Waals surface area contributed by atoms with Crippen molar-refractivity contribution in [2.45, 2.75) is 0 Å². The maximum atomic E-state index is 10.8. The molecule has 0 aliphatic rings. The lowest BCUT2D eigenvalue weighted by atomic mass is 10.1. The fourth-order valence-electron chi connectivity index (χ4n) is 1.08. The summed E-state index contributed by atoms with van der Waals surface area (Å²) in [6.45, 7) is 0. The molecule has 0 heterocycles. The summed E-state index contributed by atoms with van der Waals surface area (Å²) < 4.78 is 4.95. The Labute approximate surface area is 92.6 Å². The molecule has 15 heavy (non-hydrogen) atoms. The van der Waals surface area contributed by atoms with Crippen molar-refractivity contribution in [3.8, 4) is 17.6 Å². The van der Waals surface area contributed by atoms with Crippen LogP contribution in [0.3, 0.4) is 0 Å². The van der Waals surface area contributed by atoms with Crippen LogP contribution < -0.4 is 4.74 Å². The van der Waals surface area contributed by atoms with Crippen LogP contribution in [0.5, 0.6) is 5.75 Å². The summed E-state index contributed by atoms with van der Waals surface area (Å²) in [5.41, 5.74) is 0.798. The second-order valence-corrected chi connectivity index (χ2v) is 2.92. The molecule has 0 radical (unpaired) electrons. The lowest BCUT2D eigenvalue weighted by Crippen LogP contribution is -2.00. The van der Waals surface area contributed by atoms with Gasteiger partial charge >= 0.3 is 5.97 Å². The van der Waals surface area contributed by atoms with E-state index in [0.29, 0.717) is 11.3 Å². The largest absolute Gasteiger partial charge is 0.496 e. The third kappa shape index (κ3) is 2.90. The molecule has 4 heteroatoms. The van der Waals surface area contributed by atoms with Gasteiger partial charge < -0.3 is 9.84 Å². The molecule has 0 saturated heterocycles. The highest BCUT2D eigenvalue weighted by molar-refractivity contribution is 6.19. The molecular formula is C11H9ClO3. The van der Waals surface area contributed by atoms with Gasteiger partial charge in [0.1, 0.15) is 11.3 Å². The van der Waals surface area contributed by atoms with Gasteiger partial charge in [-0.3, -0.25) is 0 Å². The summed E-state index contributed by atoms with van der Waals surface area (Å²) in [5, 5.41) is 8.83. The standard InChI is InChI=1S/C11H9ClO3/c1-15-10-7-8(3-2-6-12)4-5-9(10)11(13)14/h4-5,7H,6H2,1H3,(H,13,14). The zero-order valence-corrected chi connectivity index (χ0v) is 8.84.